The first-order chi connectivity index (χ1) is 13.7. The second-order valence-corrected chi connectivity index (χ2v) is 11.3. The number of fused-ring (bicyclic) bond motifs is 1. The van der Waals surface area contributed by atoms with Gasteiger partial charge < -0.3 is 33.7 Å². The highest BCUT2D eigenvalue weighted by Gasteiger charge is 2.66. The zero-order valence-corrected chi connectivity index (χ0v) is 22.2. The van der Waals surface area contributed by atoms with Crippen LogP contribution in [0.5, 0.6) is 0 Å². The van der Waals surface area contributed by atoms with Crippen molar-refractivity contribution in [2.45, 2.75) is 89.3 Å². The second-order valence-electron chi connectivity index (χ2n) is 11.3. The molecule has 0 aromatic carbocycles. The Bertz CT molecular complexity index is 572. The predicted molar refractivity (Wildman–Crippen MR) is 122 cm³/mol. The van der Waals surface area contributed by atoms with Crippen LogP contribution >= 0.6 is 0 Å². The van der Waals surface area contributed by atoms with E-state index in [1.165, 1.54) is 0 Å². The molecular formula is C23H48N2O6. The van der Waals surface area contributed by atoms with Gasteiger partial charge in [0.2, 0.25) is 0 Å². The molecule has 4 atom stereocenters. The summed E-state index contributed by atoms with van der Waals surface area (Å²) in [5, 5.41) is 10.4. The fourth-order valence-electron chi connectivity index (χ4n) is 3.09. The summed E-state index contributed by atoms with van der Waals surface area (Å²) < 4.78 is 27.9. The fraction of sp³-hybridized carbons (Fsp3) is 1.00. The van der Waals surface area contributed by atoms with Crippen LogP contribution in [0.1, 0.15) is 55.4 Å². The van der Waals surface area contributed by atoms with E-state index in [0.717, 1.165) is 0 Å². The Kier molecular flexibility index (Phi) is 8.80. The highest BCUT2D eigenvalue weighted by molar-refractivity contribution is 5.12. The number of ether oxygens (including phenoxy) is 5. The van der Waals surface area contributed by atoms with Gasteiger partial charge in [0.25, 0.3) is 0 Å². The first-order valence-corrected chi connectivity index (χ1v) is 11.0. The molecule has 0 spiro atoms. The summed E-state index contributed by atoms with van der Waals surface area (Å²) in [6.45, 7) is 17.5. The molecule has 0 amide bonds. The Hall–Kier alpha value is -0.320. The molecule has 1 N–H and O–H groups in total. The molecule has 3 rings (SSSR count). The zero-order valence-electron chi connectivity index (χ0n) is 22.2. The number of likely N-dealkylation sites (N-methyl/N-ethyl adjacent to an activating group) is 1. The Morgan fingerprint density at radius 3 is 1.26 bits per heavy atom. The third kappa shape index (κ3) is 7.33. The van der Waals surface area contributed by atoms with Crippen LogP contribution in [0, 0.1) is 0 Å². The number of nitrogens with zero attached hydrogens (tertiary/aromatic N) is 2. The summed E-state index contributed by atoms with van der Waals surface area (Å²) >= 11 is 0. The molecule has 0 saturated carbocycles. The van der Waals surface area contributed by atoms with Gasteiger partial charge in [-0.2, -0.15) is 0 Å². The quantitative estimate of drug-likeness (QED) is 0.613. The molecule has 0 aromatic rings. The molecular weight excluding hydrogens is 400 g/mol. The van der Waals surface area contributed by atoms with E-state index in [-0.39, 0.29) is 17.8 Å². The smallest absolute Gasteiger partial charge is 0.163 e. The van der Waals surface area contributed by atoms with Crippen LogP contribution in [0.25, 0.3) is 0 Å². The van der Waals surface area contributed by atoms with Gasteiger partial charge in [0.05, 0.1) is 32.0 Å². The SMILES string of the molecule is CC1(C)OCC2(C)OC2(C)CO1.CN(C)C.CN(C)[C@@]1(C)COC(C)(C)OC[C@]1(C)O. The normalized spacial score (nSPS) is 41.0. The van der Waals surface area contributed by atoms with E-state index in [0.29, 0.717) is 19.8 Å². The lowest BCUT2D eigenvalue weighted by Gasteiger charge is -2.45. The molecule has 8 nitrogen and oxygen atoms in total. The van der Waals surface area contributed by atoms with Crippen molar-refractivity contribution in [1.29, 1.82) is 0 Å². The second kappa shape index (κ2) is 9.50. The van der Waals surface area contributed by atoms with Gasteiger partial charge in [-0.15, -0.1) is 0 Å². The topological polar surface area (TPSA) is 76.2 Å². The van der Waals surface area contributed by atoms with Gasteiger partial charge >= 0.3 is 0 Å². The lowest BCUT2D eigenvalue weighted by molar-refractivity contribution is -0.219. The van der Waals surface area contributed by atoms with Crippen LogP contribution in [0.3, 0.4) is 0 Å². The molecule has 3 heterocycles. The average Bonchev–Trinajstić information content (AvgIpc) is 3.19. The lowest BCUT2D eigenvalue weighted by Crippen LogP contribution is -2.62. The van der Waals surface area contributed by atoms with Crippen LogP contribution in [0.2, 0.25) is 0 Å². The highest BCUT2D eigenvalue weighted by Crippen LogP contribution is 2.50. The molecule has 0 aromatic heterocycles. The zero-order chi connectivity index (χ0) is 24.5. The van der Waals surface area contributed by atoms with Crippen molar-refractivity contribution >= 4 is 0 Å². The largest absolute Gasteiger partial charge is 0.386 e. The van der Waals surface area contributed by atoms with Crippen molar-refractivity contribution in [1.82, 2.24) is 9.80 Å². The minimum absolute atomic E-state index is 0.124. The minimum atomic E-state index is -0.926. The number of hydrogen-bond donors (Lipinski definition) is 1. The predicted octanol–water partition coefficient (Wildman–Crippen LogP) is 2.34. The Labute approximate surface area is 190 Å². The van der Waals surface area contributed by atoms with E-state index in [2.05, 4.69) is 13.8 Å². The Morgan fingerprint density at radius 2 is 0.903 bits per heavy atom. The third-order valence-electron chi connectivity index (χ3n) is 6.47. The van der Waals surface area contributed by atoms with Crippen LogP contribution in [0.15, 0.2) is 0 Å². The maximum absolute atomic E-state index is 10.4. The van der Waals surface area contributed by atoms with Gasteiger partial charge in [-0.05, 0) is 90.6 Å². The van der Waals surface area contributed by atoms with Crippen molar-refractivity contribution in [3.63, 3.8) is 0 Å². The average molecular weight is 449 g/mol. The van der Waals surface area contributed by atoms with Gasteiger partial charge in [0.15, 0.2) is 11.6 Å². The lowest BCUT2D eigenvalue weighted by atomic mass is 9.82. The van der Waals surface area contributed by atoms with Crippen molar-refractivity contribution < 1.29 is 28.8 Å². The summed E-state index contributed by atoms with van der Waals surface area (Å²) in [5.74, 6) is -1.08. The molecule has 2 unspecified atom stereocenters. The van der Waals surface area contributed by atoms with Gasteiger partial charge in [0.1, 0.15) is 16.8 Å². The number of aliphatic hydroxyl groups is 1. The monoisotopic (exact) mass is 448 g/mol. The summed E-state index contributed by atoms with van der Waals surface area (Å²) in [7, 11) is 9.88. The van der Waals surface area contributed by atoms with Crippen molar-refractivity contribution in [2.75, 3.05) is 61.7 Å². The van der Waals surface area contributed by atoms with Crippen LogP contribution in [0.4, 0.5) is 0 Å². The molecule has 0 aliphatic carbocycles. The maximum Gasteiger partial charge on any atom is 0.163 e. The van der Waals surface area contributed by atoms with E-state index < -0.39 is 22.7 Å². The first-order valence-electron chi connectivity index (χ1n) is 11.0. The van der Waals surface area contributed by atoms with Crippen molar-refractivity contribution in [2.24, 2.45) is 0 Å². The molecule has 3 aliphatic heterocycles. The minimum Gasteiger partial charge on any atom is -0.386 e. The van der Waals surface area contributed by atoms with Gasteiger partial charge in [-0.3, -0.25) is 4.90 Å². The molecule has 3 fully saturated rings. The van der Waals surface area contributed by atoms with Crippen LogP contribution in [-0.4, -0.2) is 110 Å². The van der Waals surface area contributed by atoms with E-state index in [1.807, 2.05) is 79.7 Å². The number of rotatable bonds is 1. The molecule has 0 bridgehead atoms. The number of epoxide rings is 1. The highest BCUT2D eigenvalue weighted by atomic mass is 16.8. The van der Waals surface area contributed by atoms with Crippen molar-refractivity contribution in [3.05, 3.63) is 0 Å². The first kappa shape index (κ1) is 28.7. The van der Waals surface area contributed by atoms with E-state index >= 15 is 0 Å². The van der Waals surface area contributed by atoms with Crippen LogP contribution in [-0.2, 0) is 23.7 Å². The summed E-state index contributed by atoms with van der Waals surface area (Å²) in [4.78, 5) is 3.98. The standard InChI is InChI=1S/C11H23NO3.C9H16O3.C3H9N/c1-9(2)14-7-10(3,12(5)6)11(4,13)8-15-9;1-7(2)10-5-8(3)9(4,12-8)6-11-7;1-4(2)3/h13H,7-8H2,1-6H3;5-6H2,1-4H3;1-3H3/t10-,11-;;/m0../s1. The summed E-state index contributed by atoms with van der Waals surface area (Å²) in [5.41, 5.74) is -1.62. The third-order valence-corrected chi connectivity index (χ3v) is 6.47. The molecule has 3 aliphatic rings. The molecule has 31 heavy (non-hydrogen) atoms. The number of hydrogen-bond acceptors (Lipinski definition) is 8. The Morgan fingerprint density at radius 1 is 0.581 bits per heavy atom. The van der Waals surface area contributed by atoms with Crippen molar-refractivity contribution in [3.8, 4) is 0 Å². The Balaban J connectivity index is 0.000000269. The molecule has 0 radical (unpaired) electrons. The summed E-state index contributed by atoms with van der Waals surface area (Å²) in [6.07, 6.45) is 0. The van der Waals surface area contributed by atoms with Crippen LogP contribution < -0.4 is 0 Å². The van der Waals surface area contributed by atoms with Gasteiger partial charge in [-0.1, -0.05) is 0 Å². The summed E-state index contributed by atoms with van der Waals surface area (Å²) in [6, 6.07) is 0. The fourth-order valence-corrected chi connectivity index (χ4v) is 3.09. The van der Waals surface area contributed by atoms with Gasteiger partial charge in [-0.25, -0.2) is 0 Å². The van der Waals surface area contributed by atoms with E-state index in [1.54, 1.807) is 6.92 Å². The molecule has 186 valence electrons. The molecule has 8 heteroatoms. The molecule has 3 saturated heterocycles. The van der Waals surface area contributed by atoms with E-state index in [4.69, 9.17) is 23.7 Å². The van der Waals surface area contributed by atoms with E-state index in [9.17, 15) is 5.11 Å². The van der Waals surface area contributed by atoms with Gasteiger partial charge in [0, 0.05) is 0 Å². The maximum atomic E-state index is 10.4.